The first kappa shape index (κ1) is 14.2. The molecule has 0 aliphatic carbocycles. The number of nitrogens with one attached hydrogen (secondary N) is 1. The summed E-state index contributed by atoms with van der Waals surface area (Å²) in [6, 6.07) is 4.53. The van der Waals surface area contributed by atoms with Crippen molar-refractivity contribution >= 4 is 23.2 Å². The highest BCUT2D eigenvalue weighted by molar-refractivity contribution is 6.36. The lowest BCUT2D eigenvalue weighted by Crippen LogP contribution is -2.30. The zero-order valence-corrected chi connectivity index (χ0v) is 11.6. The number of ether oxygens (including phenoxy) is 1. The molecule has 2 rings (SSSR count). The van der Waals surface area contributed by atoms with Crippen molar-refractivity contribution in [1.29, 1.82) is 5.26 Å². The molecule has 0 aliphatic rings. The second kappa shape index (κ2) is 5.41. The standard InChI is InChI=1S/C12H7Cl2N3O3/c1-20-10-3-9(7(13)2-8(10)14)17-5-6(4-15)11(18)16-12(17)19/h2-3,5H,1H3,(H,16,18,19). The highest BCUT2D eigenvalue weighted by atomic mass is 35.5. The average Bonchev–Trinajstić information content (AvgIpc) is 2.40. The highest BCUT2D eigenvalue weighted by Gasteiger charge is 2.12. The Kier molecular flexibility index (Phi) is 3.84. The van der Waals surface area contributed by atoms with Crippen LogP contribution in [0.1, 0.15) is 5.56 Å². The molecule has 0 radical (unpaired) electrons. The third-order valence-electron chi connectivity index (χ3n) is 2.54. The smallest absolute Gasteiger partial charge is 0.333 e. The van der Waals surface area contributed by atoms with Crippen LogP contribution in [0.25, 0.3) is 5.69 Å². The molecule has 8 heteroatoms. The Labute approximate surface area is 122 Å². The summed E-state index contributed by atoms with van der Waals surface area (Å²) in [5, 5.41) is 9.28. The zero-order valence-electron chi connectivity index (χ0n) is 10.1. The van der Waals surface area contributed by atoms with Crippen LogP contribution in [0.2, 0.25) is 10.0 Å². The molecule has 1 N–H and O–H groups in total. The van der Waals surface area contributed by atoms with E-state index in [2.05, 4.69) is 0 Å². The molecule has 0 aliphatic heterocycles. The molecule has 1 heterocycles. The molecule has 0 saturated heterocycles. The van der Waals surface area contributed by atoms with Gasteiger partial charge < -0.3 is 4.74 Å². The number of methoxy groups -OCH3 is 1. The lowest BCUT2D eigenvalue weighted by molar-refractivity contribution is 0.415. The Hall–Kier alpha value is -2.23. The first-order valence-electron chi connectivity index (χ1n) is 5.27. The number of benzene rings is 1. The van der Waals surface area contributed by atoms with Crippen molar-refractivity contribution in [3.8, 4) is 17.5 Å². The van der Waals surface area contributed by atoms with Crippen molar-refractivity contribution in [3.05, 3.63) is 54.8 Å². The van der Waals surface area contributed by atoms with Gasteiger partial charge in [-0.3, -0.25) is 14.3 Å². The summed E-state index contributed by atoms with van der Waals surface area (Å²) in [6.45, 7) is 0. The molecule has 2 aromatic rings. The van der Waals surface area contributed by atoms with E-state index >= 15 is 0 Å². The van der Waals surface area contributed by atoms with E-state index in [4.69, 9.17) is 33.2 Å². The molecule has 0 bridgehead atoms. The van der Waals surface area contributed by atoms with Crippen LogP contribution in [0, 0.1) is 11.3 Å². The second-order valence-corrected chi connectivity index (χ2v) is 4.54. The number of aromatic nitrogens is 2. The minimum Gasteiger partial charge on any atom is -0.495 e. The summed E-state index contributed by atoms with van der Waals surface area (Å²) in [7, 11) is 1.41. The van der Waals surface area contributed by atoms with Gasteiger partial charge in [-0.15, -0.1) is 0 Å². The van der Waals surface area contributed by atoms with Crippen LogP contribution >= 0.6 is 23.2 Å². The Morgan fingerprint density at radius 3 is 2.60 bits per heavy atom. The normalized spacial score (nSPS) is 10.1. The fourth-order valence-electron chi connectivity index (χ4n) is 1.59. The summed E-state index contributed by atoms with van der Waals surface area (Å²) in [4.78, 5) is 25.2. The van der Waals surface area contributed by atoms with E-state index in [1.165, 1.54) is 19.2 Å². The Morgan fingerprint density at radius 2 is 2.00 bits per heavy atom. The van der Waals surface area contributed by atoms with Crippen LogP contribution in [0.5, 0.6) is 5.75 Å². The molecule has 0 unspecified atom stereocenters. The van der Waals surface area contributed by atoms with E-state index in [0.29, 0.717) is 5.75 Å². The molecule has 1 aromatic heterocycles. The summed E-state index contributed by atoms with van der Waals surface area (Å²) in [6.07, 6.45) is 1.11. The fraction of sp³-hybridized carbons (Fsp3) is 0.0833. The van der Waals surface area contributed by atoms with Gasteiger partial charge in [-0.25, -0.2) is 4.79 Å². The molecule has 0 spiro atoms. The van der Waals surface area contributed by atoms with E-state index in [0.717, 1.165) is 10.8 Å². The van der Waals surface area contributed by atoms with E-state index in [9.17, 15) is 9.59 Å². The predicted molar refractivity (Wildman–Crippen MR) is 73.9 cm³/mol. The summed E-state index contributed by atoms with van der Waals surface area (Å²) >= 11 is 11.9. The molecule has 0 fully saturated rings. The van der Waals surface area contributed by atoms with E-state index in [1.807, 2.05) is 4.98 Å². The number of hydrogen-bond acceptors (Lipinski definition) is 4. The van der Waals surface area contributed by atoms with Crippen LogP contribution in [-0.2, 0) is 0 Å². The predicted octanol–water partition coefficient (Wildman–Crippen LogP) is 1.71. The number of nitriles is 1. The summed E-state index contributed by atoms with van der Waals surface area (Å²) < 4.78 is 6.08. The number of hydrogen-bond donors (Lipinski definition) is 1. The summed E-state index contributed by atoms with van der Waals surface area (Å²) in [5.74, 6) is 0.308. The molecule has 0 saturated carbocycles. The van der Waals surface area contributed by atoms with Gasteiger partial charge in [0.2, 0.25) is 0 Å². The van der Waals surface area contributed by atoms with Gasteiger partial charge in [0.1, 0.15) is 17.4 Å². The average molecular weight is 312 g/mol. The molecule has 102 valence electrons. The van der Waals surface area contributed by atoms with Crippen molar-refractivity contribution in [1.82, 2.24) is 9.55 Å². The zero-order chi connectivity index (χ0) is 14.9. The summed E-state index contributed by atoms with van der Waals surface area (Å²) in [5.41, 5.74) is -1.45. The lowest BCUT2D eigenvalue weighted by Gasteiger charge is -2.11. The molecule has 0 atom stereocenters. The van der Waals surface area contributed by atoms with Gasteiger partial charge in [0.25, 0.3) is 5.56 Å². The number of rotatable bonds is 2. The number of halogens is 2. The van der Waals surface area contributed by atoms with Gasteiger partial charge >= 0.3 is 5.69 Å². The first-order chi connectivity index (χ1) is 9.47. The second-order valence-electron chi connectivity index (χ2n) is 3.72. The Balaban J connectivity index is 2.78. The molecule has 0 amide bonds. The van der Waals surface area contributed by atoms with Crippen molar-refractivity contribution in [2.24, 2.45) is 0 Å². The highest BCUT2D eigenvalue weighted by Crippen LogP contribution is 2.32. The van der Waals surface area contributed by atoms with Gasteiger partial charge in [0, 0.05) is 12.3 Å². The first-order valence-corrected chi connectivity index (χ1v) is 6.03. The van der Waals surface area contributed by atoms with Crippen molar-refractivity contribution in [2.45, 2.75) is 0 Å². The maximum Gasteiger partial charge on any atom is 0.333 e. The van der Waals surface area contributed by atoms with E-state index in [1.54, 1.807) is 6.07 Å². The van der Waals surface area contributed by atoms with Gasteiger partial charge in [-0.2, -0.15) is 5.26 Å². The Morgan fingerprint density at radius 1 is 1.30 bits per heavy atom. The lowest BCUT2D eigenvalue weighted by atomic mass is 10.2. The minimum atomic E-state index is -0.759. The number of H-pyrrole nitrogens is 1. The number of aromatic amines is 1. The SMILES string of the molecule is COc1cc(-n2cc(C#N)c(=O)[nH]c2=O)c(Cl)cc1Cl. The topological polar surface area (TPSA) is 87.9 Å². The maximum absolute atomic E-state index is 11.8. The van der Waals surface area contributed by atoms with Gasteiger partial charge in [0.15, 0.2) is 0 Å². The van der Waals surface area contributed by atoms with Crippen molar-refractivity contribution in [3.63, 3.8) is 0 Å². The molecule has 6 nitrogen and oxygen atoms in total. The van der Waals surface area contributed by atoms with E-state index < -0.39 is 11.2 Å². The molecule has 20 heavy (non-hydrogen) atoms. The number of nitrogens with zero attached hydrogens (tertiary/aromatic N) is 2. The molecular weight excluding hydrogens is 305 g/mol. The van der Waals surface area contributed by atoms with Crippen molar-refractivity contribution in [2.75, 3.05) is 7.11 Å². The fourth-order valence-corrected chi connectivity index (χ4v) is 2.14. The van der Waals surface area contributed by atoms with E-state index in [-0.39, 0.29) is 21.3 Å². The third-order valence-corrected chi connectivity index (χ3v) is 3.14. The monoisotopic (exact) mass is 311 g/mol. The van der Waals surface area contributed by atoms with Crippen LogP contribution in [-0.4, -0.2) is 16.7 Å². The van der Waals surface area contributed by atoms with Gasteiger partial charge in [0.05, 0.1) is 22.8 Å². The maximum atomic E-state index is 11.8. The van der Waals surface area contributed by atoms with Crippen LogP contribution in [0.15, 0.2) is 27.9 Å². The van der Waals surface area contributed by atoms with Crippen LogP contribution < -0.4 is 16.0 Å². The Bertz CT molecular complexity index is 833. The van der Waals surface area contributed by atoms with Gasteiger partial charge in [-0.05, 0) is 6.07 Å². The molecular formula is C12H7Cl2N3O3. The van der Waals surface area contributed by atoms with Crippen LogP contribution in [0.3, 0.4) is 0 Å². The van der Waals surface area contributed by atoms with Crippen LogP contribution in [0.4, 0.5) is 0 Å². The van der Waals surface area contributed by atoms with Crippen molar-refractivity contribution < 1.29 is 4.74 Å². The van der Waals surface area contributed by atoms with Gasteiger partial charge in [-0.1, -0.05) is 23.2 Å². The largest absolute Gasteiger partial charge is 0.495 e. The minimum absolute atomic E-state index is 0.175. The quantitative estimate of drug-likeness (QED) is 0.914. The molecule has 1 aromatic carbocycles. The third kappa shape index (κ3) is 2.41.